The van der Waals surface area contributed by atoms with Gasteiger partial charge in [-0.15, -0.1) is 0 Å². The van der Waals surface area contributed by atoms with Crippen LogP contribution in [0.5, 0.6) is 0 Å². The number of imidazole rings is 1. The highest BCUT2D eigenvalue weighted by atomic mass is 16.5. The summed E-state index contributed by atoms with van der Waals surface area (Å²) in [5.74, 6) is 0.176. The first-order valence-corrected chi connectivity index (χ1v) is 11.0. The van der Waals surface area contributed by atoms with E-state index >= 15 is 0 Å². The van der Waals surface area contributed by atoms with Crippen molar-refractivity contribution in [2.75, 3.05) is 0 Å². The van der Waals surface area contributed by atoms with Crippen LogP contribution in [0.2, 0.25) is 0 Å². The van der Waals surface area contributed by atoms with E-state index in [2.05, 4.69) is 22.4 Å². The van der Waals surface area contributed by atoms with Crippen LogP contribution < -0.4 is 5.32 Å². The number of carbonyl (C=O) groups is 2. The zero-order chi connectivity index (χ0) is 23.2. The Morgan fingerprint density at radius 2 is 1.58 bits per heavy atom. The van der Waals surface area contributed by atoms with Crippen LogP contribution in [0.1, 0.15) is 25.2 Å². The smallest absolute Gasteiger partial charge is 0.326 e. The Hall–Kier alpha value is -3.93. The van der Waals surface area contributed by atoms with Gasteiger partial charge in [-0.1, -0.05) is 66.7 Å². The maximum Gasteiger partial charge on any atom is 0.326 e. The highest BCUT2D eigenvalue weighted by Gasteiger charge is 2.16. The van der Waals surface area contributed by atoms with Crippen LogP contribution in [-0.4, -0.2) is 27.5 Å². The van der Waals surface area contributed by atoms with E-state index in [-0.39, 0.29) is 37.5 Å². The first-order valence-electron chi connectivity index (χ1n) is 11.0. The molecule has 6 nitrogen and oxygen atoms in total. The van der Waals surface area contributed by atoms with E-state index in [1.54, 1.807) is 4.57 Å². The fraction of sp³-hybridized carbons (Fsp3) is 0.222. The normalized spacial score (nSPS) is 11.0. The monoisotopic (exact) mass is 441 g/mol. The number of carbonyl (C=O) groups excluding carboxylic acids is 2. The first kappa shape index (κ1) is 22.3. The predicted molar refractivity (Wildman–Crippen MR) is 128 cm³/mol. The quantitative estimate of drug-likeness (QED) is 0.408. The number of fused-ring (bicyclic) bond motifs is 1. The van der Waals surface area contributed by atoms with Gasteiger partial charge in [0.05, 0.1) is 30.1 Å². The van der Waals surface area contributed by atoms with Crippen LogP contribution in [-0.2, 0) is 33.8 Å². The van der Waals surface area contributed by atoms with E-state index in [1.165, 1.54) is 0 Å². The van der Waals surface area contributed by atoms with Crippen LogP contribution in [0.4, 0.5) is 0 Å². The highest BCUT2D eigenvalue weighted by Crippen LogP contribution is 2.20. The molecule has 1 amide bonds. The molecule has 4 rings (SSSR count). The van der Waals surface area contributed by atoms with Crippen molar-refractivity contribution in [3.63, 3.8) is 0 Å². The number of ether oxygens (including phenoxy) is 1. The maximum absolute atomic E-state index is 12.6. The molecule has 0 atom stereocenters. The molecule has 4 aromatic rings. The van der Waals surface area contributed by atoms with Crippen molar-refractivity contribution >= 4 is 22.9 Å². The number of benzene rings is 3. The largest absolute Gasteiger partial charge is 0.462 e. The molecule has 0 aliphatic rings. The number of nitrogens with one attached hydrogen (secondary N) is 1. The second kappa shape index (κ2) is 10.1. The number of aromatic nitrogens is 2. The summed E-state index contributed by atoms with van der Waals surface area (Å²) in [4.78, 5) is 29.5. The number of hydrogen-bond donors (Lipinski definition) is 1. The summed E-state index contributed by atoms with van der Waals surface area (Å²) in [7, 11) is 0. The van der Waals surface area contributed by atoms with Crippen LogP contribution in [0.25, 0.3) is 22.2 Å². The van der Waals surface area contributed by atoms with Crippen LogP contribution >= 0.6 is 0 Å². The third-order valence-corrected chi connectivity index (χ3v) is 5.26. The molecule has 0 aliphatic carbocycles. The third-order valence-electron chi connectivity index (χ3n) is 5.26. The van der Waals surface area contributed by atoms with Crippen molar-refractivity contribution in [1.82, 2.24) is 14.9 Å². The molecule has 0 saturated heterocycles. The number of hydrogen-bond acceptors (Lipinski definition) is 4. The average Bonchev–Trinajstić information content (AvgIpc) is 3.15. The Morgan fingerprint density at radius 1 is 0.909 bits per heavy atom. The average molecular weight is 442 g/mol. The van der Waals surface area contributed by atoms with Crippen molar-refractivity contribution in [3.8, 4) is 11.1 Å². The molecule has 3 aromatic carbocycles. The Kier molecular flexibility index (Phi) is 6.83. The molecule has 0 saturated carbocycles. The van der Waals surface area contributed by atoms with Gasteiger partial charge in [0, 0.05) is 0 Å². The van der Waals surface area contributed by atoms with E-state index in [9.17, 15) is 9.59 Å². The molecular formula is C27H27N3O3. The zero-order valence-corrected chi connectivity index (χ0v) is 18.8. The second-order valence-corrected chi connectivity index (χ2v) is 8.16. The Balaban J connectivity index is 1.42. The van der Waals surface area contributed by atoms with Crippen molar-refractivity contribution in [2.24, 2.45) is 0 Å². The molecule has 0 bridgehead atoms. The summed E-state index contributed by atoms with van der Waals surface area (Å²) >= 11 is 0. The maximum atomic E-state index is 12.6. The molecule has 0 unspecified atom stereocenters. The van der Waals surface area contributed by atoms with E-state index in [0.29, 0.717) is 5.82 Å². The van der Waals surface area contributed by atoms with Crippen LogP contribution in [0.15, 0.2) is 78.9 Å². The lowest BCUT2D eigenvalue weighted by atomic mass is 10.0. The molecule has 1 aromatic heterocycles. The second-order valence-electron chi connectivity index (χ2n) is 8.16. The molecule has 1 heterocycles. The molecule has 168 valence electrons. The molecular weight excluding hydrogens is 414 g/mol. The lowest BCUT2D eigenvalue weighted by molar-refractivity contribution is -0.148. The Labute approximate surface area is 193 Å². The molecule has 6 heteroatoms. The summed E-state index contributed by atoms with van der Waals surface area (Å²) in [6, 6.07) is 25.7. The minimum Gasteiger partial charge on any atom is -0.462 e. The topological polar surface area (TPSA) is 73.2 Å². The fourth-order valence-electron chi connectivity index (χ4n) is 3.74. The SMILES string of the molecule is CC(C)OC(=O)Cn1c(CNC(=O)Cc2ccc(-c3ccccc3)cc2)nc2ccccc21. The van der Waals surface area contributed by atoms with Gasteiger partial charge in [0.2, 0.25) is 5.91 Å². The summed E-state index contributed by atoms with van der Waals surface area (Å²) in [5, 5.41) is 2.93. The summed E-state index contributed by atoms with van der Waals surface area (Å²) in [6.45, 7) is 3.91. The Morgan fingerprint density at radius 3 is 2.30 bits per heavy atom. The van der Waals surface area contributed by atoms with Gasteiger partial charge in [-0.2, -0.15) is 0 Å². The predicted octanol–water partition coefficient (Wildman–Crippen LogP) is 4.51. The third kappa shape index (κ3) is 5.66. The van der Waals surface area contributed by atoms with E-state index in [1.807, 2.05) is 80.6 Å². The Bertz CT molecular complexity index is 1240. The first-order chi connectivity index (χ1) is 16.0. The fourth-order valence-corrected chi connectivity index (χ4v) is 3.74. The van der Waals surface area contributed by atoms with Gasteiger partial charge < -0.3 is 14.6 Å². The summed E-state index contributed by atoms with van der Waals surface area (Å²) in [6.07, 6.45) is 0.0775. The van der Waals surface area contributed by atoms with E-state index in [0.717, 1.165) is 27.7 Å². The van der Waals surface area contributed by atoms with E-state index in [4.69, 9.17) is 4.74 Å². The number of nitrogens with zero attached hydrogens (tertiary/aromatic N) is 2. The van der Waals surface area contributed by atoms with E-state index < -0.39 is 0 Å². The number of amides is 1. The van der Waals surface area contributed by atoms with Gasteiger partial charge >= 0.3 is 5.97 Å². The van der Waals surface area contributed by atoms with Crippen LogP contribution in [0, 0.1) is 0 Å². The van der Waals surface area contributed by atoms with Gasteiger partial charge in [0.25, 0.3) is 0 Å². The summed E-state index contributed by atoms with van der Waals surface area (Å²) < 4.78 is 7.10. The van der Waals surface area contributed by atoms with Gasteiger partial charge in [-0.25, -0.2) is 4.98 Å². The molecule has 0 spiro atoms. The van der Waals surface area contributed by atoms with Crippen molar-refractivity contribution in [2.45, 2.75) is 39.5 Å². The van der Waals surface area contributed by atoms with Crippen molar-refractivity contribution in [1.29, 1.82) is 0 Å². The van der Waals surface area contributed by atoms with Crippen molar-refractivity contribution in [3.05, 3.63) is 90.3 Å². The lowest BCUT2D eigenvalue weighted by Gasteiger charge is -2.12. The zero-order valence-electron chi connectivity index (χ0n) is 18.8. The number of esters is 1. The standard InChI is InChI=1S/C27H27N3O3/c1-19(2)33-27(32)18-30-24-11-7-6-10-23(24)29-25(30)17-28-26(31)16-20-12-14-22(15-13-20)21-8-4-3-5-9-21/h3-15,19H,16-18H2,1-2H3,(H,28,31). The minimum atomic E-state index is -0.334. The highest BCUT2D eigenvalue weighted by molar-refractivity contribution is 5.80. The van der Waals surface area contributed by atoms with Crippen molar-refractivity contribution < 1.29 is 14.3 Å². The van der Waals surface area contributed by atoms with Gasteiger partial charge in [-0.05, 0) is 42.7 Å². The van der Waals surface area contributed by atoms with Gasteiger partial charge in [0.1, 0.15) is 12.4 Å². The minimum absolute atomic E-state index is 0.0465. The molecule has 0 aliphatic heterocycles. The van der Waals surface area contributed by atoms with Gasteiger partial charge in [0.15, 0.2) is 0 Å². The summed E-state index contributed by atoms with van der Waals surface area (Å²) in [5.41, 5.74) is 4.79. The van der Waals surface area contributed by atoms with Crippen LogP contribution in [0.3, 0.4) is 0 Å². The molecule has 0 radical (unpaired) electrons. The molecule has 1 N–H and O–H groups in total. The number of para-hydroxylation sites is 2. The lowest BCUT2D eigenvalue weighted by Crippen LogP contribution is -2.27. The van der Waals surface area contributed by atoms with Gasteiger partial charge in [-0.3, -0.25) is 9.59 Å². The molecule has 33 heavy (non-hydrogen) atoms. The molecule has 0 fully saturated rings. The number of rotatable bonds is 8.